The Kier molecular flexibility index (Phi) is 10.2. The third-order valence-corrected chi connectivity index (χ3v) is 16.3. The van der Waals surface area contributed by atoms with Crippen molar-refractivity contribution in [2.45, 2.75) is 0 Å². The quantitative estimate of drug-likeness (QED) is 0.0502. The molecule has 11 N–H and O–H groups in total. The Morgan fingerprint density at radius 2 is 0.836 bits per heavy atom. The Morgan fingerprint density at radius 1 is 0.509 bits per heavy atom. The Morgan fingerprint density at radius 3 is 1.20 bits per heavy atom. The Bertz CT molecular complexity index is 2270. The van der Waals surface area contributed by atoms with Crippen molar-refractivity contribution < 1.29 is 27.5 Å². The van der Waals surface area contributed by atoms with E-state index in [1.807, 2.05) is 0 Å². The Balaban J connectivity index is 1.56. The molecule has 0 aliphatic carbocycles. The van der Waals surface area contributed by atoms with Gasteiger partial charge in [0.05, 0.1) is 0 Å². The molecule has 0 fully saturated rings. The Hall–Kier alpha value is -6.38. The molecular weight excluding hydrogens is 759 g/mol. The first-order valence-electron chi connectivity index (χ1n) is 16.5. The normalized spacial score (nSPS) is 16.5. The van der Waals surface area contributed by atoms with E-state index in [1.54, 1.807) is 146 Å². The van der Waals surface area contributed by atoms with Crippen LogP contribution in [0.2, 0.25) is 0 Å². The van der Waals surface area contributed by atoms with Crippen LogP contribution < -0.4 is 61.0 Å². The van der Waals surface area contributed by atoms with Crippen LogP contribution in [0.1, 0.15) is 5.56 Å². The number of hydrogen-bond donors (Lipinski definition) is 6. The molecule has 1 heterocycles. The van der Waals surface area contributed by atoms with Crippen LogP contribution in [0.3, 0.4) is 0 Å². The van der Waals surface area contributed by atoms with Crippen molar-refractivity contribution >= 4 is 52.6 Å². The molecule has 6 aromatic rings. The predicted octanol–water partition coefficient (Wildman–Crippen LogP) is 8.65. The molecule has 1 unspecified atom stereocenters. The van der Waals surface area contributed by atoms with E-state index in [-0.39, 0.29) is 23.0 Å². The van der Waals surface area contributed by atoms with Gasteiger partial charge in [-0.15, -0.1) is 0 Å². The van der Waals surface area contributed by atoms with E-state index in [9.17, 15) is 5.26 Å². The third kappa shape index (κ3) is 8.10. The molecule has 0 aromatic heterocycles. The molecule has 0 bridgehead atoms. The summed E-state index contributed by atoms with van der Waals surface area (Å²) in [5.74, 6) is 1.59. The van der Waals surface area contributed by atoms with Crippen molar-refractivity contribution in [1.29, 1.82) is 5.26 Å². The molecule has 0 saturated heterocycles. The zero-order valence-corrected chi connectivity index (χ0v) is 31.7. The van der Waals surface area contributed by atoms with Gasteiger partial charge < -0.3 is 0 Å². The van der Waals surface area contributed by atoms with E-state index in [4.69, 9.17) is 60.6 Å². The average Bonchev–Trinajstić information content (AvgIpc) is 3.18. The first kappa shape index (κ1) is 37.0. The van der Waals surface area contributed by atoms with Crippen molar-refractivity contribution in [2.24, 2.45) is 4.52 Å². The summed E-state index contributed by atoms with van der Waals surface area (Å²) in [5, 5.41) is 9.64. The van der Waals surface area contributed by atoms with Crippen molar-refractivity contribution in [2.75, 3.05) is 28.7 Å². The van der Waals surface area contributed by atoms with Gasteiger partial charge in [-0.1, -0.05) is 0 Å². The maximum atomic E-state index is 9.64. The van der Waals surface area contributed by atoms with E-state index in [2.05, 4.69) is 10.9 Å². The molecule has 0 radical (unpaired) electrons. The number of nitrogens with zero attached hydrogens (tertiary/aromatic N) is 3. The van der Waals surface area contributed by atoms with Crippen molar-refractivity contribution in [3.63, 3.8) is 0 Å². The second kappa shape index (κ2) is 15.2. The third-order valence-electron chi connectivity index (χ3n) is 7.74. The zero-order chi connectivity index (χ0) is 38.5. The topological polar surface area (TPSA) is 237 Å². The summed E-state index contributed by atoms with van der Waals surface area (Å²) >= 11 is 0. The molecule has 7 rings (SSSR count). The first-order chi connectivity index (χ1) is 26.5. The van der Waals surface area contributed by atoms with Gasteiger partial charge in [0.2, 0.25) is 0 Å². The van der Waals surface area contributed by atoms with Crippen LogP contribution in [0.15, 0.2) is 150 Å². The number of benzene rings is 6. The fraction of sp³-hybridized carbons (Fsp3) is 0. The minimum absolute atomic E-state index is 0.214. The van der Waals surface area contributed by atoms with E-state index in [1.165, 1.54) is 4.60 Å². The molecule has 55 heavy (non-hydrogen) atoms. The molecule has 0 spiro atoms. The van der Waals surface area contributed by atoms with Crippen LogP contribution in [0.4, 0.5) is 28.4 Å². The van der Waals surface area contributed by atoms with Crippen LogP contribution in [-0.4, -0.2) is 4.60 Å². The standard InChI is InChI=1S/C37H36N9O6P3/c38-25-26-1-13-35(14-2-26)50-55(51-36-21-9-30(42)10-22-36,52-37-23-11-31(43)12-24-37)45-53-44-54(48-33-17-5-28(40)6-18-33,49-34-19-7-29(41)8-20-34)46(55)47-32-15-3-27(39)4-16-32/h1-24,45,53H,39-43H2. The second-order valence-electron chi connectivity index (χ2n) is 11.9. The fourth-order valence-corrected chi connectivity index (χ4v) is 14.4. The van der Waals surface area contributed by atoms with E-state index >= 15 is 0 Å². The number of nitriles is 1. The van der Waals surface area contributed by atoms with Crippen LogP contribution in [0.5, 0.6) is 34.5 Å². The summed E-state index contributed by atoms with van der Waals surface area (Å²) in [4.78, 5) is 10.3. The number of nitrogen functional groups attached to an aromatic ring is 5. The minimum atomic E-state index is -5.52. The van der Waals surface area contributed by atoms with Crippen LogP contribution >= 0.6 is 24.1 Å². The zero-order valence-electron chi connectivity index (χ0n) is 28.9. The summed E-state index contributed by atoms with van der Waals surface area (Å²) in [5.41, 5.74) is 33.3. The molecule has 1 aliphatic rings. The summed E-state index contributed by atoms with van der Waals surface area (Å²) in [6, 6.07) is 41.7. The number of anilines is 5. The predicted molar refractivity (Wildman–Crippen MR) is 219 cm³/mol. The molecule has 1 aliphatic heterocycles. The molecule has 18 heteroatoms. The first-order valence-corrected chi connectivity index (χ1v) is 20.9. The summed E-state index contributed by atoms with van der Waals surface area (Å²) in [7, 11) is -10.2. The molecular formula is C37H36N9O6P3. The molecule has 0 saturated carbocycles. The van der Waals surface area contributed by atoms with Gasteiger partial charge in [-0.25, -0.2) is 0 Å². The molecule has 0 amide bonds. The van der Waals surface area contributed by atoms with Crippen molar-refractivity contribution in [3.05, 3.63) is 151 Å². The van der Waals surface area contributed by atoms with Crippen molar-refractivity contribution in [3.8, 4) is 40.6 Å². The van der Waals surface area contributed by atoms with Gasteiger partial charge in [-0.3, -0.25) is 0 Å². The molecule has 15 nitrogen and oxygen atoms in total. The van der Waals surface area contributed by atoms with Gasteiger partial charge in [-0.05, 0) is 0 Å². The van der Waals surface area contributed by atoms with Crippen LogP contribution in [-0.2, 0) is 0 Å². The van der Waals surface area contributed by atoms with Crippen molar-refractivity contribution in [1.82, 2.24) is 9.46 Å². The number of rotatable bonds is 12. The van der Waals surface area contributed by atoms with Crippen LogP contribution in [0, 0.1) is 11.3 Å². The number of hydrogen-bond acceptors (Lipinski definition) is 15. The second-order valence-corrected chi connectivity index (χ2v) is 18.5. The van der Waals surface area contributed by atoms with E-state index in [0.717, 1.165) is 0 Å². The Labute approximate surface area is 318 Å². The molecule has 1 atom stereocenters. The summed E-state index contributed by atoms with van der Waals surface area (Å²) in [6.45, 7) is 0. The van der Waals surface area contributed by atoms with Gasteiger partial charge in [-0.2, -0.15) is 0 Å². The van der Waals surface area contributed by atoms with Gasteiger partial charge >= 0.3 is 320 Å². The van der Waals surface area contributed by atoms with Gasteiger partial charge in [0.15, 0.2) is 0 Å². The molecule has 280 valence electrons. The summed E-state index contributed by atoms with van der Waals surface area (Å²) in [6.07, 6.45) is 0. The molecule has 6 aromatic carbocycles. The average molecular weight is 796 g/mol. The summed E-state index contributed by atoms with van der Waals surface area (Å²) < 4.78 is 41.5. The van der Waals surface area contributed by atoms with Crippen LogP contribution in [0.25, 0.3) is 0 Å². The van der Waals surface area contributed by atoms with E-state index in [0.29, 0.717) is 45.5 Å². The SMILES string of the molecule is N#Cc1ccc(OP2(Oc3ccc(N)cc3)(Oc3ccc(N)cc3)NPN=P(Oc3ccc(N)cc3)(Oc3ccc(N)cc3)N2Oc2ccc(N)cc2)cc1. The fourth-order valence-electron chi connectivity index (χ4n) is 5.09. The monoisotopic (exact) mass is 795 g/mol. The number of nitrogens with two attached hydrogens (primary N) is 5. The maximum absolute atomic E-state index is 9.64. The van der Waals surface area contributed by atoms with Gasteiger partial charge in [0, 0.05) is 0 Å². The van der Waals surface area contributed by atoms with Gasteiger partial charge in [0.1, 0.15) is 0 Å². The number of nitrogens with one attached hydrogen (secondary N) is 1. The van der Waals surface area contributed by atoms with E-state index < -0.39 is 24.1 Å². The van der Waals surface area contributed by atoms with Gasteiger partial charge in [0.25, 0.3) is 0 Å².